The molecule has 0 saturated carbocycles. The molecule has 0 radical (unpaired) electrons. The summed E-state index contributed by atoms with van der Waals surface area (Å²) < 4.78 is 19.1. The third-order valence-electron chi connectivity index (χ3n) is 6.60. The zero-order valence-corrected chi connectivity index (χ0v) is 24.3. The quantitative estimate of drug-likeness (QED) is 0.262. The number of hydrogen-bond acceptors (Lipinski definition) is 7. The van der Waals surface area contributed by atoms with Crippen molar-refractivity contribution in [3.63, 3.8) is 0 Å². The number of carbonyl (C=O) groups excluding carboxylic acids is 1. The lowest BCUT2D eigenvalue weighted by atomic mass is 9.96. The normalized spacial score (nSPS) is 15.1. The lowest BCUT2D eigenvalue weighted by Gasteiger charge is -2.25. The molecule has 4 aromatic rings. The lowest BCUT2D eigenvalue weighted by Crippen LogP contribution is -2.40. The number of carbonyl (C=O) groups is 1. The van der Waals surface area contributed by atoms with Crippen LogP contribution in [0.4, 0.5) is 0 Å². The fourth-order valence-corrected chi connectivity index (χ4v) is 6.17. The Hall–Kier alpha value is -3.88. The van der Waals surface area contributed by atoms with Crippen LogP contribution in [0.1, 0.15) is 44.9 Å². The van der Waals surface area contributed by atoms with Gasteiger partial charge in [0.15, 0.2) is 4.80 Å². The Balaban J connectivity index is 1.79. The zero-order valence-electron chi connectivity index (χ0n) is 22.7. The van der Waals surface area contributed by atoms with Crippen molar-refractivity contribution >= 4 is 45.8 Å². The van der Waals surface area contributed by atoms with Crippen molar-refractivity contribution in [2.45, 2.75) is 33.7 Å². The molecule has 1 aliphatic heterocycles. The van der Waals surface area contributed by atoms with Crippen molar-refractivity contribution in [2.75, 3.05) is 19.8 Å². The topological polar surface area (TPSA) is 79.1 Å². The van der Waals surface area contributed by atoms with Crippen molar-refractivity contribution in [2.24, 2.45) is 4.99 Å². The van der Waals surface area contributed by atoms with Crippen molar-refractivity contribution in [3.05, 3.63) is 102 Å². The maximum Gasteiger partial charge on any atom is 0.338 e. The number of allylic oxidation sites excluding steroid dienone is 1. The van der Waals surface area contributed by atoms with Crippen molar-refractivity contribution in [1.82, 2.24) is 4.57 Å². The number of halogens is 1. The van der Waals surface area contributed by atoms with Crippen LogP contribution in [0.15, 0.2) is 75.7 Å². The maximum atomic E-state index is 14.1. The van der Waals surface area contributed by atoms with Crippen LogP contribution in [0, 0.1) is 0 Å². The molecule has 9 heteroatoms. The van der Waals surface area contributed by atoms with Gasteiger partial charge in [0.2, 0.25) is 0 Å². The van der Waals surface area contributed by atoms with E-state index in [9.17, 15) is 9.59 Å². The fraction of sp³-hybridized carbons (Fsp3) is 0.258. The van der Waals surface area contributed by atoms with Crippen LogP contribution in [0.3, 0.4) is 0 Å². The first-order chi connectivity index (χ1) is 19.4. The van der Waals surface area contributed by atoms with Crippen LogP contribution in [0.2, 0.25) is 5.02 Å². The minimum absolute atomic E-state index is 0.195. The molecule has 40 heavy (non-hydrogen) atoms. The van der Waals surface area contributed by atoms with E-state index in [1.54, 1.807) is 19.9 Å². The summed E-state index contributed by atoms with van der Waals surface area (Å²) in [4.78, 5) is 32.4. The van der Waals surface area contributed by atoms with Crippen molar-refractivity contribution < 1.29 is 19.0 Å². The molecule has 0 saturated heterocycles. The number of benzene rings is 3. The van der Waals surface area contributed by atoms with Gasteiger partial charge in [-0.1, -0.05) is 53.3 Å². The van der Waals surface area contributed by atoms with Gasteiger partial charge in [0.25, 0.3) is 5.56 Å². The largest absolute Gasteiger partial charge is 0.494 e. The van der Waals surface area contributed by atoms with Gasteiger partial charge in [0.1, 0.15) is 17.5 Å². The second-order valence-corrected chi connectivity index (χ2v) is 10.5. The molecule has 0 fully saturated rings. The number of nitrogens with zero attached hydrogens (tertiary/aromatic N) is 2. The molecule has 0 spiro atoms. The summed E-state index contributed by atoms with van der Waals surface area (Å²) in [5.74, 6) is 0.854. The highest BCUT2D eigenvalue weighted by molar-refractivity contribution is 7.07. The van der Waals surface area contributed by atoms with Crippen LogP contribution in [-0.2, 0) is 9.53 Å². The van der Waals surface area contributed by atoms with Gasteiger partial charge in [-0.05, 0) is 74.4 Å². The lowest BCUT2D eigenvalue weighted by molar-refractivity contribution is -0.139. The number of fused-ring (bicyclic) bond motifs is 2. The first-order valence-corrected chi connectivity index (χ1v) is 14.3. The highest BCUT2D eigenvalue weighted by Gasteiger charge is 2.34. The smallest absolute Gasteiger partial charge is 0.338 e. The van der Waals surface area contributed by atoms with Crippen LogP contribution >= 0.6 is 22.9 Å². The first kappa shape index (κ1) is 27.7. The summed E-state index contributed by atoms with van der Waals surface area (Å²) in [6.07, 6.45) is 1.83. The van der Waals surface area contributed by atoms with Crippen LogP contribution < -0.4 is 24.4 Å². The number of ether oxygens (including phenoxy) is 3. The van der Waals surface area contributed by atoms with Gasteiger partial charge >= 0.3 is 5.97 Å². The summed E-state index contributed by atoms with van der Waals surface area (Å²) in [5.41, 5.74) is 1.87. The van der Waals surface area contributed by atoms with E-state index in [1.807, 2.05) is 68.5 Å². The maximum absolute atomic E-state index is 14.1. The molecule has 5 rings (SSSR count). The minimum Gasteiger partial charge on any atom is -0.494 e. The zero-order chi connectivity index (χ0) is 28.4. The van der Waals surface area contributed by atoms with E-state index in [0.29, 0.717) is 44.6 Å². The van der Waals surface area contributed by atoms with Crippen LogP contribution in [0.25, 0.3) is 16.8 Å². The Morgan fingerprint density at radius 1 is 1.05 bits per heavy atom. The highest BCUT2D eigenvalue weighted by Crippen LogP contribution is 2.35. The standard InChI is InChI=1S/C31H29ClN2O5S/c1-5-37-20-14-12-19-13-15-25(38-6-2)23(22(19)16-20)17-26-29(35)34-28(21-10-8-9-11-24(21)32)27(30(36)39-7-3)18(4)33-31(34)40-26/h8-17,28H,5-7H2,1-4H3/b26-17+/t28-/m1/s1. The average Bonchev–Trinajstić information content (AvgIpc) is 3.24. The van der Waals surface area contributed by atoms with Gasteiger partial charge < -0.3 is 14.2 Å². The van der Waals surface area contributed by atoms with E-state index < -0.39 is 12.0 Å². The van der Waals surface area contributed by atoms with E-state index in [1.165, 1.54) is 15.9 Å². The summed E-state index contributed by atoms with van der Waals surface area (Å²) >= 11 is 7.87. The molecular weight excluding hydrogens is 548 g/mol. The van der Waals surface area contributed by atoms with Gasteiger partial charge in [-0.2, -0.15) is 0 Å². The molecule has 0 aliphatic carbocycles. The minimum atomic E-state index is -0.783. The summed E-state index contributed by atoms with van der Waals surface area (Å²) in [5, 5.41) is 2.32. The van der Waals surface area contributed by atoms with Gasteiger partial charge in [0, 0.05) is 10.6 Å². The van der Waals surface area contributed by atoms with E-state index in [2.05, 4.69) is 4.99 Å². The third-order valence-corrected chi connectivity index (χ3v) is 7.92. The molecule has 1 atom stereocenters. The van der Waals surface area contributed by atoms with Crippen molar-refractivity contribution in [1.29, 1.82) is 0 Å². The molecular formula is C31H29ClN2O5S. The van der Waals surface area contributed by atoms with Crippen molar-refractivity contribution in [3.8, 4) is 11.5 Å². The molecule has 0 amide bonds. The Kier molecular flexibility index (Phi) is 8.09. The first-order valence-electron chi connectivity index (χ1n) is 13.1. The monoisotopic (exact) mass is 576 g/mol. The molecule has 1 aromatic heterocycles. The number of esters is 1. The molecule has 0 N–H and O–H groups in total. The van der Waals surface area contributed by atoms with E-state index in [0.717, 1.165) is 22.1 Å². The van der Waals surface area contributed by atoms with Crippen LogP contribution in [0.5, 0.6) is 11.5 Å². The Bertz CT molecular complexity index is 1820. The molecule has 0 bridgehead atoms. The predicted molar refractivity (Wildman–Crippen MR) is 158 cm³/mol. The molecule has 7 nitrogen and oxygen atoms in total. The fourth-order valence-electron chi connectivity index (χ4n) is 4.90. The molecule has 0 unspecified atom stereocenters. The summed E-state index contributed by atoms with van der Waals surface area (Å²) in [7, 11) is 0. The van der Waals surface area contributed by atoms with Gasteiger partial charge in [0.05, 0.1) is 35.6 Å². The van der Waals surface area contributed by atoms with E-state index in [-0.39, 0.29) is 17.7 Å². The van der Waals surface area contributed by atoms with E-state index in [4.69, 9.17) is 25.8 Å². The average molecular weight is 577 g/mol. The molecule has 1 aliphatic rings. The van der Waals surface area contributed by atoms with E-state index >= 15 is 0 Å². The number of thiazole rings is 1. The predicted octanol–water partition coefficient (Wildman–Crippen LogP) is 5.40. The number of rotatable bonds is 8. The number of aromatic nitrogens is 1. The number of hydrogen-bond donors (Lipinski definition) is 0. The summed E-state index contributed by atoms with van der Waals surface area (Å²) in [6.45, 7) is 8.54. The van der Waals surface area contributed by atoms with Gasteiger partial charge in [-0.3, -0.25) is 9.36 Å². The molecule has 2 heterocycles. The Morgan fingerprint density at radius 3 is 2.52 bits per heavy atom. The Morgan fingerprint density at radius 2 is 1.80 bits per heavy atom. The second kappa shape index (κ2) is 11.7. The third kappa shape index (κ3) is 5.05. The van der Waals surface area contributed by atoms with Gasteiger partial charge in [-0.25, -0.2) is 9.79 Å². The highest BCUT2D eigenvalue weighted by atomic mass is 35.5. The second-order valence-electron chi connectivity index (χ2n) is 9.05. The Labute approximate surface area is 240 Å². The van der Waals surface area contributed by atoms with Gasteiger partial charge in [-0.15, -0.1) is 0 Å². The van der Waals surface area contributed by atoms with Crippen LogP contribution in [-0.4, -0.2) is 30.4 Å². The SMILES string of the molecule is CCOC(=O)C1=C(C)N=c2s/c(=C/c3c(OCC)ccc4ccc(OCC)cc34)c(=O)n2[C@@H]1c1ccccc1Cl. The molecule has 3 aromatic carbocycles. The summed E-state index contributed by atoms with van der Waals surface area (Å²) in [6, 6.07) is 16.2. The molecule has 206 valence electrons.